The zero-order valence-electron chi connectivity index (χ0n) is 9.92. The van der Waals surface area contributed by atoms with E-state index >= 15 is 0 Å². The number of rotatable bonds is 9. The van der Waals surface area contributed by atoms with Crippen LogP contribution in [-0.2, 0) is 4.79 Å². The van der Waals surface area contributed by atoms with E-state index in [1.165, 1.54) is 0 Å². The molecule has 0 saturated carbocycles. The van der Waals surface area contributed by atoms with E-state index in [0.717, 1.165) is 38.8 Å². The Bertz CT molecular complexity index is 165. The Morgan fingerprint density at radius 1 is 1.33 bits per heavy atom. The summed E-state index contributed by atoms with van der Waals surface area (Å²) in [4.78, 5) is 11.4. The molecule has 0 aliphatic carbocycles. The second-order valence-electron chi connectivity index (χ2n) is 3.80. The summed E-state index contributed by atoms with van der Waals surface area (Å²) in [6, 6.07) is 0. The van der Waals surface area contributed by atoms with E-state index in [4.69, 9.17) is 5.73 Å². The van der Waals surface area contributed by atoms with Crippen LogP contribution in [0.5, 0.6) is 0 Å². The quantitative estimate of drug-likeness (QED) is 0.596. The van der Waals surface area contributed by atoms with Crippen molar-refractivity contribution in [3.63, 3.8) is 0 Å². The van der Waals surface area contributed by atoms with Crippen molar-refractivity contribution in [2.24, 2.45) is 5.73 Å². The lowest BCUT2D eigenvalue weighted by molar-refractivity contribution is -0.121. The molecule has 0 rings (SSSR count). The summed E-state index contributed by atoms with van der Waals surface area (Å²) in [6.45, 7) is 3.66. The zero-order valence-corrected chi connectivity index (χ0v) is 10.7. The Hall–Kier alpha value is -0.220. The van der Waals surface area contributed by atoms with E-state index in [1.807, 2.05) is 0 Å². The summed E-state index contributed by atoms with van der Waals surface area (Å²) >= 11 is 1.77. The minimum atomic E-state index is 0.184. The summed E-state index contributed by atoms with van der Waals surface area (Å²) in [6.07, 6.45) is 7.04. The van der Waals surface area contributed by atoms with Gasteiger partial charge in [-0.05, 0) is 25.6 Å². The van der Waals surface area contributed by atoms with Crippen molar-refractivity contribution in [1.82, 2.24) is 5.32 Å². The summed E-state index contributed by atoms with van der Waals surface area (Å²) < 4.78 is 0. The van der Waals surface area contributed by atoms with Crippen LogP contribution in [0.1, 0.15) is 39.0 Å². The smallest absolute Gasteiger partial charge is 0.220 e. The van der Waals surface area contributed by atoms with Crippen LogP contribution in [0, 0.1) is 0 Å². The molecule has 90 valence electrons. The van der Waals surface area contributed by atoms with E-state index in [0.29, 0.717) is 11.7 Å². The van der Waals surface area contributed by atoms with Crippen LogP contribution in [-0.4, -0.2) is 30.5 Å². The number of amides is 1. The van der Waals surface area contributed by atoms with Gasteiger partial charge in [0, 0.05) is 18.2 Å². The van der Waals surface area contributed by atoms with E-state index in [1.54, 1.807) is 11.8 Å². The number of carbonyl (C=O) groups excluding carboxylic acids is 1. The number of unbranched alkanes of at least 4 members (excludes halogenated alkanes) is 3. The van der Waals surface area contributed by atoms with Gasteiger partial charge in [-0.25, -0.2) is 0 Å². The predicted octanol–water partition coefficient (Wildman–Crippen LogP) is 1.76. The van der Waals surface area contributed by atoms with Crippen molar-refractivity contribution in [2.45, 2.75) is 44.3 Å². The number of hydrogen-bond acceptors (Lipinski definition) is 3. The van der Waals surface area contributed by atoms with Crippen LogP contribution < -0.4 is 11.1 Å². The van der Waals surface area contributed by atoms with Gasteiger partial charge in [0.25, 0.3) is 0 Å². The van der Waals surface area contributed by atoms with Crippen LogP contribution in [0.4, 0.5) is 0 Å². The SMILES string of the molecule is CSC(C)CNC(=O)CCCCCCN. The molecule has 0 bridgehead atoms. The van der Waals surface area contributed by atoms with Gasteiger partial charge in [-0.3, -0.25) is 4.79 Å². The average Bonchev–Trinajstić information content (AvgIpc) is 2.25. The topological polar surface area (TPSA) is 55.1 Å². The van der Waals surface area contributed by atoms with Gasteiger partial charge in [0.15, 0.2) is 0 Å². The Labute approximate surface area is 97.6 Å². The van der Waals surface area contributed by atoms with Crippen molar-refractivity contribution < 1.29 is 4.79 Å². The third-order valence-electron chi connectivity index (χ3n) is 2.35. The zero-order chi connectivity index (χ0) is 11.5. The fourth-order valence-corrected chi connectivity index (χ4v) is 1.46. The number of carbonyl (C=O) groups is 1. The summed E-state index contributed by atoms with van der Waals surface area (Å²) in [5.41, 5.74) is 5.39. The molecule has 0 spiro atoms. The Morgan fingerprint density at radius 3 is 2.60 bits per heavy atom. The fourth-order valence-electron chi connectivity index (χ4n) is 1.21. The van der Waals surface area contributed by atoms with E-state index in [2.05, 4.69) is 18.5 Å². The molecule has 3 N–H and O–H groups in total. The Kier molecular flexibility index (Phi) is 10.2. The normalized spacial score (nSPS) is 12.5. The van der Waals surface area contributed by atoms with Gasteiger partial charge in [0.05, 0.1) is 0 Å². The minimum Gasteiger partial charge on any atom is -0.355 e. The highest BCUT2D eigenvalue weighted by atomic mass is 32.2. The van der Waals surface area contributed by atoms with Crippen molar-refractivity contribution in [3.8, 4) is 0 Å². The lowest BCUT2D eigenvalue weighted by Gasteiger charge is -2.09. The fraction of sp³-hybridized carbons (Fsp3) is 0.909. The van der Waals surface area contributed by atoms with Crippen molar-refractivity contribution in [3.05, 3.63) is 0 Å². The van der Waals surface area contributed by atoms with E-state index in [-0.39, 0.29) is 5.91 Å². The lowest BCUT2D eigenvalue weighted by atomic mass is 10.1. The highest BCUT2D eigenvalue weighted by molar-refractivity contribution is 7.99. The Morgan fingerprint density at radius 2 is 2.00 bits per heavy atom. The molecule has 0 saturated heterocycles. The van der Waals surface area contributed by atoms with Crippen LogP contribution in [0.3, 0.4) is 0 Å². The third kappa shape index (κ3) is 10.1. The van der Waals surface area contributed by atoms with Crippen molar-refractivity contribution in [2.75, 3.05) is 19.3 Å². The molecule has 0 radical (unpaired) electrons. The molecular formula is C11H24N2OS. The second kappa shape index (κ2) is 10.3. The Balaban J connectivity index is 3.26. The molecule has 0 heterocycles. The largest absolute Gasteiger partial charge is 0.355 e. The number of hydrogen-bond donors (Lipinski definition) is 2. The molecule has 0 fully saturated rings. The summed E-state index contributed by atoms with van der Waals surface area (Å²) in [5, 5.41) is 3.45. The monoisotopic (exact) mass is 232 g/mol. The molecule has 0 aliphatic rings. The predicted molar refractivity (Wildman–Crippen MR) is 68.1 cm³/mol. The second-order valence-corrected chi connectivity index (χ2v) is 5.08. The molecule has 1 amide bonds. The van der Waals surface area contributed by atoms with Gasteiger partial charge < -0.3 is 11.1 Å². The maximum atomic E-state index is 11.4. The van der Waals surface area contributed by atoms with Crippen molar-refractivity contribution >= 4 is 17.7 Å². The molecule has 0 aromatic rings. The van der Waals surface area contributed by atoms with Gasteiger partial charge in [0.2, 0.25) is 5.91 Å². The molecule has 0 aliphatic heterocycles. The first-order valence-electron chi connectivity index (χ1n) is 5.70. The standard InChI is InChI=1S/C11H24N2OS/c1-10(15-2)9-13-11(14)7-5-3-4-6-8-12/h10H,3-9,12H2,1-2H3,(H,13,14). The van der Waals surface area contributed by atoms with Gasteiger partial charge in [-0.2, -0.15) is 11.8 Å². The highest BCUT2D eigenvalue weighted by Crippen LogP contribution is 2.04. The number of nitrogens with one attached hydrogen (secondary N) is 1. The number of nitrogens with two attached hydrogens (primary N) is 1. The number of thioether (sulfide) groups is 1. The van der Waals surface area contributed by atoms with Crippen LogP contribution in [0.15, 0.2) is 0 Å². The van der Waals surface area contributed by atoms with Gasteiger partial charge in [-0.15, -0.1) is 0 Å². The third-order valence-corrected chi connectivity index (χ3v) is 3.32. The minimum absolute atomic E-state index is 0.184. The molecule has 1 atom stereocenters. The maximum absolute atomic E-state index is 11.4. The van der Waals surface area contributed by atoms with Crippen molar-refractivity contribution in [1.29, 1.82) is 0 Å². The van der Waals surface area contributed by atoms with Gasteiger partial charge in [-0.1, -0.05) is 19.8 Å². The van der Waals surface area contributed by atoms with E-state index < -0.39 is 0 Å². The molecule has 15 heavy (non-hydrogen) atoms. The van der Waals surface area contributed by atoms with Gasteiger partial charge in [0.1, 0.15) is 0 Å². The molecular weight excluding hydrogens is 208 g/mol. The highest BCUT2D eigenvalue weighted by Gasteiger charge is 2.03. The average molecular weight is 232 g/mol. The lowest BCUT2D eigenvalue weighted by Crippen LogP contribution is -2.29. The van der Waals surface area contributed by atoms with Crippen LogP contribution in [0.2, 0.25) is 0 Å². The molecule has 3 nitrogen and oxygen atoms in total. The van der Waals surface area contributed by atoms with Gasteiger partial charge >= 0.3 is 0 Å². The van der Waals surface area contributed by atoms with Crippen LogP contribution >= 0.6 is 11.8 Å². The maximum Gasteiger partial charge on any atom is 0.220 e. The molecule has 0 aromatic carbocycles. The first-order valence-corrected chi connectivity index (χ1v) is 6.99. The molecule has 4 heteroatoms. The molecule has 0 aromatic heterocycles. The first kappa shape index (κ1) is 14.8. The first-order chi connectivity index (χ1) is 7.20. The van der Waals surface area contributed by atoms with Crippen LogP contribution in [0.25, 0.3) is 0 Å². The molecule has 1 unspecified atom stereocenters. The summed E-state index contributed by atoms with van der Waals surface area (Å²) in [5.74, 6) is 0.184. The van der Waals surface area contributed by atoms with E-state index in [9.17, 15) is 4.79 Å². The summed E-state index contributed by atoms with van der Waals surface area (Å²) in [7, 11) is 0.